The summed E-state index contributed by atoms with van der Waals surface area (Å²) in [6.07, 6.45) is 1.61. The van der Waals surface area contributed by atoms with E-state index in [9.17, 15) is 18.0 Å². The van der Waals surface area contributed by atoms with Crippen LogP contribution < -0.4 is 16.0 Å². The van der Waals surface area contributed by atoms with Gasteiger partial charge in [-0.1, -0.05) is 23.7 Å². The molecule has 1 aliphatic heterocycles. The predicted molar refractivity (Wildman–Crippen MR) is 121 cm³/mol. The van der Waals surface area contributed by atoms with Crippen LogP contribution in [0, 0.1) is 0 Å². The number of benzene rings is 2. The zero-order valence-electron chi connectivity index (χ0n) is 17.3. The molecule has 166 valence electrons. The highest BCUT2D eigenvalue weighted by Crippen LogP contribution is 2.30. The van der Waals surface area contributed by atoms with Crippen molar-refractivity contribution < 1.29 is 18.0 Å². The minimum absolute atomic E-state index is 0.0448. The van der Waals surface area contributed by atoms with Crippen molar-refractivity contribution in [3.63, 3.8) is 0 Å². The number of nitrogens with one attached hydrogen (secondary N) is 3. The predicted octanol–water partition coefficient (Wildman–Crippen LogP) is 3.91. The topological polar surface area (TPSA) is 108 Å². The molecule has 3 rings (SSSR count). The quantitative estimate of drug-likeness (QED) is 0.602. The fourth-order valence-corrected chi connectivity index (χ4v) is 5.27. The summed E-state index contributed by atoms with van der Waals surface area (Å²) in [6, 6.07) is 10.4. The summed E-state index contributed by atoms with van der Waals surface area (Å²) in [5, 5.41) is 8.14. The van der Waals surface area contributed by atoms with E-state index in [0.29, 0.717) is 18.8 Å². The smallest absolute Gasteiger partial charge is 0.319 e. The van der Waals surface area contributed by atoms with Crippen molar-refractivity contribution >= 4 is 44.9 Å². The number of carbonyl (C=O) groups is 2. The Kier molecular flexibility index (Phi) is 7.19. The largest absolute Gasteiger partial charge is 0.336 e. The Hall–Kier alpha value is -2.62. The Labute approximate surface area is 187 Å². The van der Waals surface area contributed by atoms with Gasteiger partial charge in [0.15, 0.2) is 0 Å². The molecule has 10 heteroatoms. The molecule has 0 bridgehead atoms. The van der Waals surface area contributed by atoms with Crippen LogP contribution in [0.15, 0.2) is 47.4 Å². The second-order valence-electron chi connectivity index (χ2n) is 7.51. The first-order chi connectivity index (χ1) is 14.7. The highest BCUT2D eigenvalue weighted by Gasteiger charge is 2.29. The van der Waals surface area contributed by atoms with E-state index < -0.39 is 22.0 Å². The number of hydrogen-bond donors (Lipinski definition) is 3. The molecular weight excluding hydrogens is 440 g/mol. The summed E-state index contributed by atoms with van der Waals surface area (Å²) >= 11 is 6.16. The third kappa shape index (κ3) is 5.55. The molecule has 0 aliphatic carbocycles. The van der Waals surface area contributed by atoms with Crippen molar-refractivity contribution in [2.45, 2.75) is 37.6 Å². The van der Waals surface area contributed by atoms with Gasteiger partial charge in [-0.05, 0) is 57.0 Å². The molecule has 8 nitrogen and oxygen atoms in total. The van der Waals surface area contributed by atoms with Crippen molar-refractivity contribution in [2.24, 2.45) is 0 Å². The lowest BCUT2D eigenvalue weighted by molar-refractivity contribution is 0.102. The SMILES string of the molecule is CC(C)NC(=O)Nc1ccccc1C(=O)Nc1ccc(Cl)c(S(=O)(=O)N2CCCC2)c1. The molecule has 0 saturated carbocycles. The van der Waals surface area contributed by atoms with Crippen molar-refractivity contribution in [1.29, 1.82) is 0 Å². The minimum Gasteiger partial charge on any atom is -0.336 e. The van der Waals surface area contributed by atoms with E-state index >= 15 is 0 Å². The van der Waals surface area contributed by atoms with Crippen LogP contribution in [0.2, 0.25) is 5.02 Å². The van der Waals surface area contributed by atoms with Crippen molar-refractivity contribution in [3.8, 4) is 0 Å². The van der Waals surface area contributed by atoms with Crippen molar-refractivity contribution in [2.75, 3.05) is 23.7 Å². The second-order valence-corrected chi connectivity index (χ2v) is 9.82. The van der Waals surface area contributed by atoms with Crippen LogP contribution in [-0.2, 0) is 10.0 Å². The monoisotopic (exact) mass is 464 g/mol. The number of nitrogens with zero attached hydrogens (tertiary/aromatic N) is 1. The first-order valence-corrected chi connectivity index (χ1v) is 11.8. The zero-order chi connectivity index (χ0) is 22.6. The molecule has 0 spiro atoms. The second kappa shape index (κ2) is 9.67. The average Bonchev–Trinajstić information content (AvgIpc) is 3.25. The Balaban J connectivity index is 1.82. The minimum atomic E-state index is -3.74. The van der Waals surface area contributed by atoms with Crippen LogP contribution in [-0.4, -0.2) is 43.8 Å². The number of hydrogen-bond acceptors (Lipinski definition) is 4. The fourth-order valence-electron chi connectivity index (χ4n) is 3.26. The van der Waals surface area contributed by atoms with Gasteiger partial charge in [0, 0.05) is 24.8 Å². The summed E-state index contributed by atoms with van der Waals surface area (Å²) in [6.45, 7) is 4.55. The van der Waals surface area contributed by atoms with Crippen molar-refractivity contribution in [1.82, 2.24) is 9.62 Å². The van der Waals surface area contributed by atoms with E-state index in [0.717, 1.165) is 12.8 Å². The number of urea groups is 1. The lowest BCUT2D eigenvalue weighted by Crippen LogP contribution is -2.34. The van der Waals surface area contributed by atoms with E-state index in [2.05, 4.69) is 16.0 Å². The lowest BCUT2D eigenvalue weighted by atomic mass is 10.1. The first-order valence-electron chi connectivity index (χ1n) is 9.96. The molecule has 2 aromatic carbocycles. The van der Waals surface area contributed by atoms with Crippen LogP contribution in [0.3, 0.4) is 0 Å². The highest BCUT2D eigenvalue weighted by atomic mass is 35.5. The average molecular weight is 465 g/mol. The summed E-state index contributed by atoms with van der Waals surface area (Å²) in [7, 11) is -3.74. The summed E-state index contributed by atoms with van der Waals surface area (Å²) in [5.41, 5.74) is 0.853. The molecule has 31 heavy (non-hydrogen) atoms. The van der Waals surface area contributed by atoms with Crippen LogP contribution in [0.4, 0.5) is 16.2 Å². The van der Waals surface area contributed by atoms with Gasteiger partial charge in [0.25, 0.3) is 5.91 Å². The summed E-state index contributed by atoms with van der Waals surface area (Å²) in [5.74, 6) is -0.493. The molecule has 2 aromatic rings. The standard InChI is InChI=1S/C21H25ClN4O4S/c1-14(2)23-21(28)25-18-8-4-3-7-16(18)20(27)24-15-9-10-17(22)19(13-15)31(29,30)26-11-5-6-12-26/h3-4,7-10,13-14H,5-6,11-12H2,1-2H3,(H,24,27)(H2,23,25,28). The van der Waals surface area contributed by atoms with E-state index in [1.165, 1.54) is 22.5 Å². The third-order valence-corrected chi connectivity index (χ3v) is 7.09. The van der Waals surface area contributed by atoms with Crippen LogP contribution in [0.25, 0.3) is 0 Å². The van der Waals surface area contributed by atoms with Gasteiger partial charge >= 0.3 is 6.03 Å². The van der Waals surface area contributed by atoms with Gasteiger partial charge in [-0.3, -0.25) is 4.79 Å². The van der Waals surface area contributed by atoms with Gasteiger partial charge in [-0.2, -0.15) is 4.31 Å². The van der Waals surface area contributed by atoms with Gasteiger partial charge in [0.2, 0.25) is 10.0 Å². The molecule has 3 amide bonds. The Morgan fingerprint density at radius 1 is 1.03 bits per heavy atom. The van der Waals surface area contributed by atoms with Crippen LogP contribution in [0.5, 0.6) is 0 Å². The lowest BCUT2D eigenvalue weighted by Gasteiger charge is -2.17. The van der Waals surface area contributed by atoms with E-state index in [1.54, 1.807) is 24.3 Å². The number of amides is 3. The van der Waals surface area contributed by atoms with E-state index in [1.807, 2.05) is 13.8 Å². The van der Waals surface area contributed by atoms with Crippen LogP contribution in [0.1, 0.15) is 37.0 Å². The zero-order valence-corrected chi connectivity index (χ0v) is 18.9. The molecule has 0 atom stereocenters. The van der Waals surface area contributed by atoms with E-state index in [4.69, 9.17) is 11.6 Å². The van der Waals surface area contributed by atoms with Gasteiger partial charge < -0.3 is 16.0 Å². The fraction of sp³-hybridized carbons (Fsp3) is 0.333. The summed E-state index contributed by atoms with van der Waals surface area (Å²) in [4.78, 5) is 24.9. The summed E-state index contributed by atoms with van der Waals surface area (Å²) < 4.78 is 27.2. The normalized spacial score (nSPS) is 14.5. The maximum atomic E-state index is 12.9. The Morgan fingerprint density at radius 3 is 2.39 bits per heavy atom. The molecule has 1 fully saturated rings. The molecule has 1 aliphatic rings. The first kappa shape index (κ1) is 23.1. The van der Waals surface area contributed by atoms with Gasteiger partial charge in [-0.25, -0.2) is 13.2 Å². The number of halogens is 1. The molecule has 0 unspecified atom stereocenters. The van der Waals surface area contributed by atoms with Gasteiger partial charge in [0.1, 0.15) is 4.90 Å². The molecule has 0 radical (unpaired) electrons. The maximum absolute atomic E-state index is 12.9. The Bertz CT molecular complexity index is 1080. The number of anilines is 2. The van der Waals surface area contributed by atoms with Crippen molar-refractivity contribution in [3.05, 3.63) is 53.1 Å². The molecular formula is C21H25ClN4O4S. The molecule has 1 saturated heterocycles. The molecule has 0 aromatic heterocycles. The number of para-hydroxylation sites is 1. The maximum Gasteiger partial charge on any atom is 0.319 e. The van der Waals surface area contributed by atoms with Crippen LogP contribution >= 0.6 is 11.6 Å². The molecule has 1 heterocycles. The number of carbonyl (C=O) groups excluding carboxylic acids is 2. The van der Waals surface area contributed by atoms with Gasteiger partial charge in [-0.15, -0.1) is 0 Å². The Morgan fingerprint density at radius 2 is 1.71 bits per heavy atom. The number of rotatable bonds is 6. The highest BCUT2D eigenvalue weighted by molar-refractivity contribution is 7.89. The van der Waals surface area contributed by atoms with E-state index in [-0.39, 0.29) is 27.2 Å². The molecule has 3 N–H and O–H groups in total. The number of sulfonamides is 1. The third-order valence-electron chi connectivity index (χ3n) is 4.71. The van der Waals surface area contributed by atoms with Gasteiger partial charge in [0.05, 0.1) is 16.3 Å².